The maximum absolute atomic E-state index is 13.8. The Hall–Kier alpha value is -4.09. The Morgan fingerprint density at radius 1 is 1.00 bits per heavy atom. The van der Waals surface area contributed by atoms with E-state index in [1.165, 1.54) is 35.8 Å². The molecule has 8 nitrogen and oxygen atoms in total. The Kier molecular flexibility index (Phi) is 6.63. The second-order valence-electron chi connectivity index (χ2n) is 10.4. The first-order valence-electron chi connectivity index (χ1n) is 13.2. The van der Waals surface area contributed by atoms with Crippen LogP contribution in [0.3, 0.4) is 0 Å². The highest BCUT2D eigenvalue weighted by atomic mass is 19.4. The first-order valence-corrected chi connectivity index (χ1v) is 13.2. The number of benzene rings is 1. The fourth-order valence-corrected chi connectivity index (χ4v) is 5.65. The minimum Gasteiger partial charge on any atom is -0.339 e. The SMILES string of the molecule is O=C(c1c(-c2nccnc2C(F)(F)F)nn2c(=O)cc(-c3ccc(C4CCCCC4)cc3)[nH]c12)N1CC(CF)C1. The summed E-state index contributed by atoms with van der Waals surface area (Å²) in [4.78, 5) is 38.4. The molecule has 208 valence electrons. The van der Waals surface area contributed by atoms with Gasteiger partial charge in [-0.15, -0.1) is 0 Å². The standard InChI is InChI=1S/C28H26F4N6O2/c29-13-16-14-37(15-16)27(40)22-23(24-25(28(30,31)32)34-11-10-33-24)36-38-21(39)12-20(35-26(22)38)19-8-6-18(7-9-19)17-4-2-1-3-5-17/h6-12,16-17,35H,1-5,13-15H2. The molecule has 1 aromatic carbocycles. The Morgan fingerprint density at radius 2 is 1.70 bits per heavy atom. The van der Waals surface area contributed by atoms with E-state index in [1.54, 1.807) is 0 Å². The molecule has 1 saturated heterocycles. The van der Waals surface area contributed by atoms with Crippen molar-refractivity contribution in [3.05, 3.63) is 69.9 Å². The summed E-state index contributed by atoms with van der Waals surface area (Å²) in [6, 6.07) is 9.10. The van der Waals surface area contributed by atoms with Crippen molar-refractivity contribution in [2.45, 2.75) is 44.2 Å². The van der Waals surface area contributed by atoms with E-state index in [0.29, 0.717) is 17.2 Å². The van der Waals surface area contributed by atoms with E-state index in [0.717, 1.165) is 29.8 Å². The molecule has 1 aliphatic carbocycles. The number of carbonyl (C=O) groups is 1. The molecule has 4 heterocycles. The van der Waals surface area contributed by atoms with Crippen molar-refractivity contribution in [1.82, 2.24) is 29.5 Å². The maximum atomic E-state index is 13.8. The molecule has 0 radical (unpaired) electrons. The third-order valence-electron chi connectivity index (χ3n) is 7.78. The second-order valence-corrected chi connectivity index (χ2v) is 10.4. The zero-order valence-electron chi connectivity index (χ0n) is 21.4. The number of hydrogen-bond donors (Lipinski definition) is 1. The lowest BCUT2D eigenvalue weighted by atomic mass is 9.84. The quantitative estimate of drug-likeness (QED) is 0.340. The Labute approximate surface area is 226 Å². The number of aromatic nitrogens is 5. The maximum Gasteiger partial charge on any atom is 0.435 e. The van der Waals surface area contributed by atoms with Gasteiger partial charge in [0.2, 0.25) is 0 Å². The number of hydrogen-bond acceptors (Lipinski definition) is 5. The molecule has 3 aromatic heterocycles. The fraction of sp³-hybridized carbons (Fsp3) is 0.393. The van der Waals surface area contributed by atoms with Gasteiger partial charge in [-0.1, -0.05) is 43.5 Å². The van der Waals surface area contributed by atoms with Crippen molar-refractivity contribution in [3.8, 4) is 22.6 Å². The topological polar surface area (TPSA) is 96.2 Å². The molecule has 1 aliphatic heterocycles. The predicted molar refractivity (Wildman–Crippen MR) is 138 cm³/mol. The molecule has 0 bridgehead atoms. The third-order valence-corrected chi connectivity index (χ3v) is 7.78. The fourth-order valence-electron chi connectivity index (χ4n) is 5.65. The molecule has 4 aromatic rings. The number of alkyl halides is 4. The van der Waals surface area contributed by atoms with E-state index in [2.05, 4.69) is 20.1 Å². The van der Waals surface area contributed by atoms with Crippen molar-refractivity contribution in [1.29, 1.82) is 0 Å². The normalized spacial score (nSPS) is 16.9. The van der Waals surface area contributed by atoms with Crippen molar-refractivity contribution >= 4 is 11.6 Å². The summed E-state index contributed by atoms with van der Waals surface area (Å²) < 4.78 is 55.5. The molecule has 0 unspecified atom stereocenters. The molecule has 1 N–H and O–H groups in total. The van der Waals surface area contributed by atoms with Gasteiger partial charge < -0.3 is 9.88 Å². The van der Waals surface area contributed by atoms with Crippen LogP contribution in [0.2, 0.25) is 0 Å². The van der Waals surface area contributed by atoms with Gasteiger partial charge in [0.1, 0.15) is 17.0 Å². The Bertz CT molecular complexity index is 1620. The van der Waals surface area contributed by atoms with Crippen LogP contribution in [-0.4, -0.2) is 55.1 Å². The number of nitrogens with zero attached hydrogens (tertiary/aromatic N) is 5. The average molecular weight is 555 g/mol. The van der Waals surface area contributed by atoms with E-state index < -0.39 is 41.4 Å². The minimum absolute atomic E-state index is 0.0682. The summed E-state index contributed by atoms with van der Waals surface area (Å²) >= 11 is 0. The lowest BCUT2D eigenvalue weighted by molar-refractivity contribution is -0.140. The van der Waals surface area contributed by atoms with Gasteiger partial charge in [0, 0.05) is 37.5 Å². The number of H-pyrrole nitrogens is 1. The Balaban J connectivity index is 1.49. The smallest absolute Gasteiger partial charge is 0.339 e. The van der Waals surface area contributed by atoms with Crippen LogP contribution in [0.15, 0.2) is 47.5 Å². The highest BCUT2D eigenvalue weighted by molar-refractivity contribution is 6.06. The highest BCUT2D eigenvalue weighted by Gasteiger charge is 2.41. The van der Waals surface area contributed by atoms with E-state index >= 15 is 0 Å². The van der Waals surface area contributed by atoms with E-state index in [1.807, 2.05) is 24.3 Å². The van der Waals surface area contributed by atoms with Crippen LogP contribution in [0, 0.1) is 5.92 Å². The van der Waals surface area contributed by atoms with Gasteiger partial charge in [0.25, 0.3) is 11.5 Å². The third kappa shape index (κ3) is 4.65. The molecule has 2 fully saturated rings. The van der Waals surface area contributed by atoms with Gasteiger partial charge in [0.05, 0.1) is 12.4 Å². The molecule has 6 rings (SSSR count). The largest absolute Gasteiger partial charge is 0.435 e. The summed E-state index contributed by atoms with van der Waals surface area (Å²) in [7, 11) is 0. The van der Waals surface area contributed by atoms with Crippen molar-refractivity contribution in [2.75, 3.05) is 19.8 Å². The number of amides is 1. The lowest BCUT2D eigenvalue weighted by Gasteiger charge is -2.37. The van der Waals surface area contributed by atoms with Crippen LogP contribution in [0.4, 0.5) is 17.6 Å². The van der Waals surface area contributed by atoms with Gasteiger partial charge in [-0.2, -0.15) is 22.8 Å². The first-order chi connectivity index (χ1) is 19.2. The minimum atomic E-state index is -4.88. The number of rotatable bonds is 5. The van der Waals surface area contributed by atoms with Crippen LogP contribution < -0.4 is 5.56 Å². The number of nitrogens with one attached hydrogen (secondary N) is 1. The van der Waals surface area contributed by atoms with E-state index in [4.69, 9.17) is 0 Å². The van der Waals surface area contributed by atoms with Crippen molar-refractivity contribution < 1.29 is 22.4 Å². The van der Waals surface area contributed by atoms with Crippen molar-refractivity contribution in [3.63, 3.8) is 0 Å². The van der Waals surface area contributed by atoms with Gasteiger partial charge in [-0.25, -0.2) is 4.98 Å². The van der Waals surface area contributed by atoms with Crippen LogP contribution in [0.1, 0.15) is 59.6 Å². The molecule has 1 saturated carbocycles. The van der Waals surface area contributed by atoms with Crippen LogP contribution in [0.5, 0.6) is 0 Å². The molecule has 1 amide bonds. The predicted octanol–water partition coefficient (Wildman–Crippen LogP) is 5.25. The van der Waals surface area contributed by atoms with E-state index in [-0.39, 0.29) is 30.2 Å². The summed E-state index contributed by atoms with van der Waals surface area (Å²) in [5.41, 5.74) is -1.10. The molecule has 2 aliphatic rings. The number of halogens is 4. The monoisotopic (exact) mass is 554 g/mol. The first kappa shape index (κ1) is 26.1. The van der Waals surface area contributed by atoms with Crippen LogP contribution >= 0.6 is 0 Å². The van der Waals surface area contributed by atoms with Gasteiger partial charge in [-0.3, -0.25) is 19.0 Å². The molecule has 12 heteroatoms. The summed E-state index contributed by atoms with van der Waals surface area (Å²) in [5, 5.41) is 4.12. The van der Waals surface area contributed by atoms with Crippen LogP contribution in [-0.2, 0) is 6.18 Å². The number of likely N-dealkylation sites (tertiary alicyclic amines) is 1. The van der Waals surface area contributed by atoms with E-state index in [9.17, 15) is 27.2 Å². The highest BCUT2D eigenvalue weighted by Crippen LogP contribution is 2.37. The summed E-state index contributed by atoms with van der Waals surface area (Å²) in [6.07, 6.45) is 2.98. The second kappa shape index (κ2) is 10.1. The number of fused-ring (bicyclic) bond motifs is 1. The zero-order valence-corrected chi connectivity index (χ0v) is 21.4. The summed E-state index contributed by atoms with van der Waals surface area (Å²) in [6.45, 7) is -0.415. The number of carbonyl (C=O) groups excluding carboxylic acids is 1. The molecule has 0 spiro atoms. The Morgan fingerprint density at radius 3 is 2.38 bits per heavy atom. The average Bonchev–Trinajstić information content (AvgIpc) is 3.33. The van der Waals surface area contributed by atoms with Gasteiger partial charge in [-0.05, 0) is 29.9 Å². The lowest BCUT2D eigenvalue weighted by Crippen LogP contribution is -2.50. The number of aromatic amines is 1. The molecule has 40 heavy (non-hydrogen) atoms. The molecule has 0 atom stereocenters. The van der Waals surface area contributed by atoms with Crippen LogP contribution in [0.25, 0.3) is 28.3 Å². The summed E-state index contributed by atoms with van der Waals surface area (Å²) in [5.74, 6) is -0.534. The molecular weight excluding hydrogens is 528 g/mol. The zero-order chi connectivity index (χ0) is 28.0. The van der Waals surface area contributed by atoms with Gasteiger partial charge >= 0.3 is 6.18 Å². The van der Waals surface area contributed by atoms with Crippen molar-refractivity contribution in [2.24, 2.45) is 5.92 Å². The molecular formula is C28H26F4N6O2. The van der Waals surface area contributed by atoms with Gasteiger partial charge in [0.15, 0.2) is 11.3 Å².